The van der Waals surface area contributed by atoms with Crippen LogP contribution in [-0.2, 0) is 0 Å². The Bertz CT molecular complexity index is 939. The molecule has 0 aliphatic rings. The van der Waals surface area contributed by atoms with E-state index in [9.17, 15) is 9.18 Å². The molecule has 26 heavy (non-hydrogen) atoms. The minimum atomic E-state index is -0.782. The fourth-order valence-corrected chi connectivity index (χ4v) is 4.03. The molecule has 0 heterocycles. The van der Waals surface area contributed by atoms with E-state index in [0.717, 1.165) is 18.8 Å². The highest BCUT2D eigenvalue weighted by Crippen LogP contribution is 2.28. The van der Waals surface area contributed by atoms with Crippen molar-refractivity contribution in [3.05, 3.63) is 60.0 Å². The maximum Gasteiger partial charge on any atom is 0.274 e. The summed E-state index contributed by atoms with van der Waals surface area (Å²) in [5.41, 5.74) is 2.93. The van der Waals surface area contributed by atoms with E-state index in [0.29, 0.717) is 5.75 Å². The summed E-state index contributed by atoms with van der Waals surface area (Å²) < 4.78 is 21.0. The van der Waals surface area contributed by atoms with Crippen LogP contribution in [0, 0.1) is 36.6 Å². The molecule has 5 nitrogen and oxygen atoms in total. The Morgan fingerprint density at radius 1 is 1.35 bits per heavy atom. The Morgan fingerprint density at radius 2 is 2.04 bits per heavy atom. The number of terminal acetylenes is 1. The Kier molecular flexibility index (Phi) is 7.36. The number of nitriles is 1. The fraction of sp³-hybridized carbons (Fsp3) is 0.0556. The minimum absolute atomic E-state index is 0.138. The van der Waals surface area contributed by atoms with Crippen molar-refractivity contribution >= 4 is 57.3 Å². The molecule has 0 spiro atoms. The summed E-state index contributed by atoms with van der Waals surface area (Å²) in [6, 6.07) is 9.03. The van der Waals surface area contributed by atoms with E-state index in [2.05, 4.69) is 61.6 Å². The second-order valence-electron chi connectivity index (χ2n) is 4.81. The van der Waals surface area contributed by atoms with Crippen molar-refractivity contribution in [2.45, 2.75) is 0 Å². The largest absolute Gasteiger partial charge is 0.479 e. The summed E-state index contributed by atoms with van der Waals surface area (Å²) in [6.07, 6.45) is 6.63. The van der Waals surface area contributed by atoms with Crippen molar-refractivity contribution in [1.82, 2.24) is 5.43 Å². The highest BCUT2D eigenvalue weighted by Gasteiger charge is 2.12. The lowest BCUT2D eigenvalue weighted by Crippen LogP contribution is -2.19. The first-order valence-corrected chi connectivity index (χ1v) is 9.20. The van der Waals surface area contributed by atoms with Crippen molar-refractivity contribution < 1.29 is 13.9 Å². The van der Waals surface area contributed by atoms with Crippen molar-refractivity contribution in [2.24, 2.45) is 5.10 Å². The SMILES string of the molecule is C#CCOc1c(I)cc(/C=N\NC(=O)c2ccc(C#N)cc2F)cc1I. The van der Waals surface area contributed by atoms with Crippen LogP contribution in [0.3, 0.4) is 0 Å². The van der Waals surface area contributed by atoms with Crippen molar-refractivity contribution in [1.29, 1.82) is 5.26 Å². The molecule has 2 aromatic rings. The molecule has 8 heteroatoms. The first kappa shape index (κ1) is 20.1. The zero-order valence-electron chi connectivity index (χ0n) is 13.1. The second kappa shape index (κ2) is 9.50. The van der Waals surface area contributed by atoms with E-state index >= 15 is 0 Å². The van der Waals surface area contributed by atoms with Crippen LogP contribution >= 0.6 is 45.2 Å². The molecule has 0 aliphatic heterocycles. The van der Waals surface area contributed by atoms with Gasteiger partial charge >= 0.3 is 0 Å². The topological polar surface area (TPSA) is 74.5 Å². The van der Waals surface area contributed by atoms with Gasteiger partial charge in [-0.2, -0.15) is 10.4 Å². The van der Waals surface area contributed by atoms with Gasteiger partial charge in [-0.1, -0.05) is 5.92 Å². The van der Waals surface area contributed by atoms with Gasteiger partial charge in [-0.25, -0.2) is 9.82 Å². The van der Waals surface area contributed by atoms with Gasteiger partial charge in [0.25, 0.3) is 5.91 Å². The lowest BCUT2D eigenvalue weighted by molar-refractivity contribution is 0.0951. The molecule has 0 saturated carbocycles. The summed E-state index contributed by atoms with van der Waals surface area (Å²) in [6.45, 7) is 0.172. The molecular weight excluding hydrogens is 563 g/mol. The van der Waals surface area contributed by atoms with Crippen LogP contribution in [0.2, 0.25) is 0 Å². The summed E-state index contributed by atoms with van der Waals surface area (Å²) in [4.78, 5) is 12.0. The summed E-state index contributed by atoms with van der Waals surface area (Å²) >= 11 is 4.23. The first-order valence-electron chi connectivity index (χ1n) is 7.04. The molecule has 0 unspecified atom stereocenters. The zero-order valence-corrected chi connectivity index (χ0v) is 17.4. The average molecular weight is 573 g/mol. The third-order valence-corrected chi connectivity index (χ3v) is 4.65. The van der Waals surface area contributed by atoms with E-state index in [1.54, 1.807) is 6.07 Å². The number of halogens is 3. The van der Waals surface area contributed by atoms with Crippen LogP contribution in [0.5, 0.6) is 5.75 Å². The third-order valence-electron chi connectivity index (χ3n) is 3.04. The number of amides is 1. The quantitative estimate of drug-likeness (QED) is 0.257. The molecule has 130 valence electrons. The van der Waals surface area contributed by atoms with Crippen molar-refractivity contribution in [3.8, 4) is 24.2 Å². The number of benzene rings is 2. The number of ether oxygens (including phenoxy) is 1. The van der Waals surface area contributed by atoms with Crippen LogP contribution in [0.25, 0.3) is 0 Å². The normalized spacial score (nSPS) is 10.2. The number of nitrogens with zero attached hydrogens (tertiary/aromatic N) is 2. The lowest BCUT2D eigenvalue weighted by Gasteiger charge is -2.08. The molecule has 1 N–H and O–H groups in total. The summed E-state index contributed by atoms with van der Waals surface area (Å²) in [5.74, 6) is 1.60. The molecular formula is C18H10FI2N3O2. The number of rotatable bonds is 5. The minimum Gasteiger partial charge on any atom is -0.479 e. The monoisotopic (exact) mass is 573 g/mol. The molecule has 0 aliphatic carbocycles. The van der Waals surface area contributed by atoms with Gasteiger partial charge in [-0.15, -0.1) is 6.42 Å². The maximum absolute atomic E-state index is 13.8. The molecule has 0 bridgehead atoms. The van der Waals surface area contributed by atoms with Crippen LogP contribution in [-0.4, -0.2) is 18.7 Å². The molecule has 1 amide bonds. The van der Waals surface area contributed by atoms with Crippen molar-refractivity contribution in [2.75, 3.05) is 6.61 Å². The van der Waals surface area contributed by atoms with Gasteiger partial charge in [0.05, 0.1) is 30.6 Å². The van der Waals surface area contributed by atoms with Crippen LogP contribution in [0.4, 0.5) is 4.39 Å². The van der Waals surface area contributed by atoms with Crippen molar-refractivity contribution in [3.63, 3.8) is 0 Å². The highest BCUT2D eigenvalue weighted by molar-refractivity contribution is 14.1. The fourth-order valence-electron chi connectivity index (χ4n) is 1.90. The second-order valence-corrected chi connectivity index (χ2v) is 7.14. The highest BCUT2D eigenvalue weighted by atomic mass is 127. The number of hydrogen-bond donors (Lipinski definition) is 1. The van der Waals surface area contributed by atoms with E-state index in [4.69, 9.17) is 16.4 Å². The number of hydrogen-bond acceptors (Lipinski definition) is 4. The summed E-state index contributed by atoms with van der Waals surface area (Å²) in [7, 11) is 0. The predicted octanol–water partition coefficient (Wildman–Crippen LogP) is 3.68. The van der Waals surface area contributed by atoms with E-state index in [1.165, 1.54) is 18.3 Å². The van der Waals surface area contributed by atoms with E-state index < -0.39 is 11.7 Å². The Labute approximate surface area is 176 Å². The Balaban J connectivity index is 2.10. The maximum atomic E-state index is 13.8. The van der Waals surface area contributed by atoms with E-state index in [-0.39, 0.29) is 17.7 Å². The predicted molar refractivity (Wildman–Crippen MR) is 112 cm³/mol. The number of carbonyl (C=O) groups is 1. The average Bonchev–Trinajstić information content (AvgIpc) is 2.60. The molecule has 0 saturated heterocycles. The van der Waals surface area contributed by atoms with Gasteiger partial charge in [0, 0.05) is 0 Å². The van der Waals surface area contributed by atoms with Gasteiger partial charge in [-0.05, 0) is 81.1 Å². The first-order chi connectivity index (χ1) is 12.5. The standard InChI is InChI=1S/C18H10FI2N3O2/c1-2-5-26-17-15(20)7-12(8-16(17)21)10-23-24-18(25)13-4-3-11(9-22)6-14(13)19/h1,3-4,6-8,10H,5H2,(H,24,25)/b23-10-. The smallest absolute Gasteiger partial charge is 0.274 e. The molecule has 0 aromatic heterocycles. The molecule has 2 aromatic carbocycles. The third kappa shape index (κ3) is 5.16. The lowest BCUT2D eigenvalue weighted by atomic mass is 10.1. The van der Waals surface area contributed by atoms with Gasteiger partial charge < -0.3 is 4.74 Å². The van der Waals surface area contributed by atoms with Gasteiger partial charge in [-0.3, -0.25) is 4.79 Å². The van der Waals surface area contributed by atoms with Crippen LogP contribution in [0.15, 0.2) is 35.4 Å². The van der Waals surface area contributed by atoms with Crippen LogP contribution < -0.4 is 10.2 Å². The zero-order chi connectivity index (χ0) is 19.1. The number of nitrogens with one attached hydrogen (secondary N) is 1. The molecule has 0 fully saturated rings. The van der Waals surface area contributed by atoms with Gasteiger partial charge in [0.2, 0.25) is 0 Å². The Hall–Kier alpha value is -2.18. The molecule has 0 radical (unpaired) electrons. The van der Waals surface area contributed by atoms with Crippen LogP contribution in [0.1, 0.15) is 21.5 Å². The van der Waals surface area contributed by atoms with E-state index in [1.807, 2.05) is 12.1 Å². The number of carbonyl (C=O) groups excluding carboxylic acids is 1. The molecule has 0 atom stereocenters. The van der Waals surface area contributed by atoms with Gasteiger partial charge in [0.15, 0.2) is 0 Å². The van der Waals surface area contributed by atoms with Gasteiger partial charge in [0.1, 0.15) is 18.2 Å². The summed E-state index contributed by atoms with van der Waals surface area (Å²) in [5, 5.41) is 12.6. The number of hydrazone groups is 1. The Morgan fingerprint density at radius 3 is 2.62 bits per heavy atom. The molecule has 2 rings (SSSR count).